The number of hydrogen-bond acceptors (Lipinski definition) is 4. The summed E-state index contributed by atoms with van der Waals surface area (Å²) in [5.74, 6) is 0. The van der Waals surface area contributed by atoms with Crippen LogP contribution >= 0.6 is 0 Å². The number of halogens is 3. The van der Waals surface area contributed by atoms with Gasteiger partial charge in [0.25, 0.3) is 0 Å². The van der Waals surface area contributed by atoms with Crippen molar-refractivity contribution in [1.29, 1.82) is 0 Å². The minimum Gasteiger partial charge on any atom is -0.265 e. The second-order valence-electron chi connectivity index (χ2n) is 6.68. The van der Waals surface area contributed by atoms with E-state index in [4.69, 9.17) is 5.14 Å². The van der Waals surface area contributed by atoms with E-state index in [2.05, 4.69) is 10.1 Å². The lowest BCUT2D eigenvalue weighted by molar-refractivity contribution is -0.141. The second kappa shape index (κ2) is 7.64. The smallest absolute Gasteiger partial charge is 0.265 e. The molecule has 0 bridgehead atoms. The summed E-state index contributed by atoms with van der Waals surface area (Å²) in [7, 11) is -3.93. The van der Waals surface area contributed by atoms with Gasteiger partial charge in [-0.3, -0.25) is 4.98 Å². The highest BCUT2D eigenvalue weighted by Gasteiger charge is 2.35. The first-order chi connectivity index (χ1) is 14.6. The fourth-order valence-electron chi connectivity index (χ4n) is 3.08. The molecule has 0 aliphatic heterocycles. The quantitative estimate of drug-likeness (QED) is 0.509. The molecule has 0 amide bonds. The molecule has 0 aliphatic carbocycles. The normalized spacial score (nSPS) is 12.1. The van der Waals surface area contributed by atoms with Crippen LogP contribution in [0, 0.1) is 0 Å². The van der Waals surface area contributed by atoms with Crippen molar-refractivity contribution in [2.24, 2.45) is 5.14 Å². The number of aromatic nitrogens is 3. The summed E-state index contributed by atoms with van der Waals surface area (Å²) in [4.78, 5) is 3.81. The predicted molar refractivity (Wildman–Crippen MR) is 109 cm³/mol. The number of alkyl halides is 3. The zero-order chi connectivity index (χ0) is 22.2. The summed E-state index contributed by atoms with van der Waals surface area (Å²) in [6.07, 6.45) is -1.34. The molecule has 0 aliphatic rings. The Morgan fingerprint density at radius 3 is 1.90 bits per heavy atom. The average Bonchev–Trinajstić information content (AvgIpc) is 3.20. The summed E-state index contributed by atoms with van der Waals surface area (Å²) in [6, 6.07) is 16.7. The van der Waals surface area contributed by atoms with Crippen molar-refractivity contribution in [2.45, 2.75) is 11.1 Å². The number of nitrogens with zero attached hydrogens (tertiary/aromatic N) is 3. The van der Waals surface area contributed by atoms with E-state index in [1.54, 1.807) is 36.7 Å². The average molecular weight is 444 g/mol. The van der Waals surface area contributed by atoms with Gasteiger partial charge in [0.1, 0.15) is 0 Å². The van der Waals surface area contributed by atoms with Crippen LogP contribution in [0.4, 0.5) is 13.2 Å². The lowest BCUT2D eigenvalue weighted by Gasteiger charge is -2.09. The Bertz CT molecular complexity index is 1320. The monoisotopic (exact) mass is 444 g/mol. The number of sulfonamides is 1. The van der Waals surface area contributed by atoms with Crippen molar-refractivity contribution in [3.8, 4) is 28.1 Å². The van der Waals surface area contributed by atoms with Gasteiger partial charge in [-0.15, -0.1) is 0 Å². The van der Waals surface area contributed by atoms with Gasteiger partial charge in [-0.05, 0) is 53.6 Å². The van der Waals surface area contributed by atoms with Gasteiger partial charge in [0.15, 0.2) is 5.69 Å². The van der Waals surface area contributed by atoms with E-state index >= 15 is 0 Å². The maximum atomic E-state index is 13.3. The van der Waals surface area contributed by atoms with Crippen LogP contribution in [0.2, 0.25) is 0 Å². The first kappa shape index (κ1) is 20.8. The minimum absolute atomic E-state index is 0.150. The molecule has 0 unspecified atom stereocenters. The minimum atomic E-state index is -4.64. The lowest BCUT2D eigenvalue weighted by Crippen LogP contribution is -2.12. The number of rotatable bonds is 4. The number of nitrogens with two attached hydrogens (primary N) is 1. The molecular weight excluding hydrogens is 429 g/mol. The van der Waals surface area contributed by atoms with Gasteiger partial charge >= 0.3 is 6.18 Å². The Morgan fingerprint density at radius 1 is 0.806 bits per heavy atom. The third-order valence-corrected chi connectivity index (χ3v) is 5.53. The molecule has 158 valence electrons. The first-order valence-corrected chi connectivity index (χ1v) is 10.5. The highest BCUT2D eigenvalue weighted by atomic mass is 32.2. The van der Waals surface area contributed by atoms with E-state index in [1.165, 1.54) is 24.3 Å². The van der Waals surface area contributed by atoms with E-state index in [1.807, 2.05) is 12.1 Å². The van der Waals surface area contributed by atoms with Crippen molar-refractivity contribution < 1.29 is 21.6 Å². The summed E-state index contributed by atoms with van der Waals surface area (Å²) in [5, 5.41) is 8.79. The Kier molecular flexibility index (Phi) is 5.11. The zero-order valence-electron chi connectivity index (χ0n) is 15.8. The molecule has 4 rings (SSSR count). The fourth-order valence-corrected chi connectivity index (χ4v) is 3.59. The zero-order valence-corrected chi connectivity index (χ0v) is 16.6. The highest BCUT2D eigenvalue weighted by molar-refractivity contribution is 7.89. The van der Waals surface area contributed by atoms with Crippen molar-refractivity contribution in [3.05, 3.63) is 84.8 Å². The Hall–Kier alpha value is -3.50. The van der Waals surface area contributed by atoms with Gasteiger partial charge in [-0.2, -0.15) is 18.3 Å². The summed E-state index contributed by atoms with van der Waals surface area (Å²) >= 11 is 0. The van der Waals surface area contributed by atoms with Crippen LogP contribution in [-0.2, 0) is 16.2 Å². The molecule has 0 atom stereocenters. The third-order valence-electron chi connectivity index (χ3n) is 4.60. The molecule has 0 spiro atoms. The van der Waals surface area contributed by atoms with E-state index in [9.17, 15) is 21.6 Å². The van der Waals surface area contributed by atoms with Crippen LogP contribution < -0.4 is 5.14 Å². The van der Waals surface area contributed by atoms with Gasteiger partial charge < -0.3 is 0 Å². The molecule has 31 heavy (non-hydrogen) atoms. The molecule has 2 N–H and O–H groups in total. The maximum absolute atomic E-state index is 13.3. The SMILES string of the molecule is NS(=O)(=O)c1ccc(-n2nc(C(F)(F)F)cc2-c2ccc(-c3ccncc3)cc2)cc1. The number of benzene rings is 2. The Labute approximate surface area is 175 Å². The van der Waals surface area contributed by atoms with Crippen molar-refractivity contribution in [1.82, 2.24) is 14.8 Å². The van der Waals surface area contributed by atoms with Crippen molar-refractivity contribution in [2.75, 3.05) is 0 Å². The standard InChI is InChI=1S/C21H15F3N4O2S/c22-21(23,24)20-13-19(16-3-1-14(2-4-16)15-9-11-26-12-10-15)28(27-20)17-5-7-18(8-6-17)31(25,29)30/h1-13H,(H2,25,29,30). The maximum Gasteiger partial charge on any atom is 0.435 e. The topological polar surface area (TPSA) is 90.9 Å². The number of hydrogen-bond donors (Lipinski definition) is 1. The molecule has 2 aromatic carbocycles. The van der Waals surface area contributed by atoms with Gasteiger partial charge in [-0.25, -0.2) is 18.2 Å². The second-order valence-corrected chi connectivity index (χ2v) is 8.24. The molecule has 2 heterocycles. The van der Waals surface area contributed by atoms with Crippen molar-refractivity contribution in [3.63, 3.8) is 0 Å². The molecule has 0 radical (unpaired) electrons. The van der Waals surface area contributed by atoms with Crippen LogP contribution in [0.25, 0.3) is 28.1 Å². The van der Waals surface area contributed by atoms with Gasteiger partial charge in [0.05, 0.1) is 16.3 Å². The molecule has 0 saturated heterocycles. The van der Waals surface area contributed by atoms with Crippen LogP contribution in [-0.4, -0.2) is 23.2 Å². The van der Waals surface area contributed by atoms with Crippen molar-refractivity contribution >= 4 is 10.0 Å². The predicted octanol–water partition coefficient (Wildman–Crippen LogP) is 4.27. The van der Waals surface area contributed by atoms with Gasteiger partial charge in [0, 0.05) is 18.0 Å². The van der Waals surface area contributed by atoms with E-state index in [0.717, 1.165) is 21.9 Å². The molecule has 2 aromatic heterocycles. The van der Waals surface area contributed by atoms with Crippen LogP contribution in [0.5, 0.6) is 0 Å². The molecule has 6 nitrogen and oxygen atoms in total. The van der Waals surface area contributed by atoms with E-state index < -0.39 is 21.9 Å². The molecule has 0 fully saturated rings. The van der Waals surface area contributed by atoms with Crippen LogP contribution in [0.3, 0.4) is 0 Å². The fraction of sp³-hybridized carbons (Fsp3) is 0.0476. The third kappa shape index (κ3) is 4.35. The first-order valence-electron chi connectivity index (χ1n) is 8.94. The molecule has 10 heteroatoms. The molecule has 4 aromatic rings. The molecule has 0 saturated carbocycles. The summed E-state index contributed by atoms with van der Waals surface area (Å²) < 4.78 is 64.1. The largest absolute Gasteiger partial charge is 0.435 e. The number of primary sulfonamides is 1. The Morgan fingerprint density at radius 2 is 1.35 bits per heavy atom. The highest BCUT2D eigenvalue weighted by Crippen LogP contribution is 2.34. The van der Waals surface area contributed by atoms with E-state index in [-0.39, 0.29) is 16.3 Å². The number of pyridine rings is 1. The van der Waals surface area contributed by atoms with Gasteiger partial charge in [0.2, 0.25) is 10.0 Å². The van der Waals surface area contributed by atoms with Crippen LogP contribution in [0.15, 0.2) is 84.0 Å². The summed E-state index contributed by atoms with van der Waals surface area (Å²) in [5.41, 5.74) is 1.72. The van der Waals surface area contributed by atoms with Gasteiger partial charge in [-0.1, -0.05) is 24.3 Å². The Balaban J connectivity index is 1.79. The van der Waals surface area contributed by atoms with Crippen LogP contribution in [0.1, 0.15) is 5.69 Å². The molecular formula is C21H15F3N4O2S. The van der Waals surface area contributed by atoms with E-state index in [0.29, 0.717) is 5.56 Å². The summed E-state index contributed by atoms with van der Waals surface area (Å²) in [6.45, 7) is 0. The lowest BCUT2D eigenvalue weighted by atomic mass is 10.0.